The molecule has 3 aromatic carbocycles. The molecule has 0 amide bonds. The summed E-state index contributed by atoms with van der Waals surface area (Å²) >= 11 is 0. The van der Waals surface area contributed by atoms with Crippen molar-refractivity contribution in [2.24, 2.45) is 4.99 Å². The van der Waals surface area contributed by atoms with Crippen LogP contribution in [-0.4, -0.2) is 26.9 Å². The maximum atomic E-state index is 12.5. The molecule has 0 saturated carbocycles. The minimum Gasteiger partial charge on any atom is -0.494 e. The molecule has 2 N–H and O–H groups in total. The summed E-state index contributed by atoms with van der Waals surface area (Å²) in [4.78, 5) is 31.8. The highest BCUT2D eigenvalue weighted by Gasteiger charge is 2.18. The average Bonchev–Trinajstić information content (AvgIpc) is 2.86. The van der Waals surface area contributed by atoms with E-state index in [4.69, 9.17) is 0 Å². The van der Waals surface area contributed by atoms with Gasteiger partial charge in [-0.2, -0.15) is 0 Å². The molecule has 0 unspecified atom stereocenters. The molecule has 0 radical (unpaired) electrons. The molecule has 0 atom stereocenters. The second-order valence-corrected chi connectivity index (χ2v) is 8.16. The molecule has 1 aromatic heterocycles. The Bertz CT molecular complexity index is 1340. The number of nitrogens with one attached hydrogen (secondary N) is 1. The Kier molecular flexibility index (Phi) is 7.18. The van der Waals surface area contributed by atoms with Gasteiger partial charge in [0.2, 0.25) is 5.88 Å². The fourth-order valence-corrected chi connectivity index (χ4v) is 4.14. The van der Waals surface area contributed by atoms with Gasteiger partial charge in [0, 0.05) is 18.2 Å². The molecule has 4 rings (SSSR count). The third-order valence-electron chi connectivity index (χ3n) is 5.89. The molecule has 0 aliphatic rings. The van der Waals surface area contributed by atoms with E-state index < -0.39 is 11.2 Å². The van der Waals surface area contributed by atoms with Crippen LogP contribution in [0.1, 0.15) is 41.5 Å². The SMILES string of the molecule is CC(=NCCC(c1ccccc1)c1ccccc1)c1c(O)n(Cc2ccccc2)c(=O)[nH]c1=O. The van der Waals surface area contributed by atoms with E-state index in [0.29, 0.717) is 12.3 Å². The van der Waals surface area contributed by atoms with Crippen molar-refractivity contribution in [2.45, 2.75) is 25.8 Å². The first-order valence-corrected chi connectivity index (χ1v) is 11.3. The third kappa shape index (κ3) is 5.23. The van der Waals surface area contributed by atoms with E-state index in [-0.39, 0.29) is 23.9 Å². The monoisotopic (exact) mass is 453 g/mol. The Morgan fingerprint density at radius 1 is 0.882 bits per heavy atom. The van der Waals surface area contributed by atoms with Crippen LogP contribution in [0.3, 0.4) is 0 Å². The molecule has 4 aromatic rings. The summed E-state index contributed by atoms with van der Waals surface area (Å²) in [6.07, 6.45) is 0.730. The van der Waals surface area contributed by atoms with Crippen molar-refractivity contribution >= 4 is 5.71 Å². The maximum Gasteiger partial charge on any atom is 0.331 e. The summed E-state index contributed by atoms with van der Waals surface area (Å²) in [6, 6.07) is 29.8. The lowest BCUT2D eigenvalue weighted by molar-refractivity contribution is 0.408. The highest BCUT2D eigenvalue weighted by atomic mass is 16.3. The molecule has 1 heterocycles. The first kappa shape index (κ1) is 23.0. The van der Waals surface area contributed by atoms with Crippen molar-refractivity contribution < 1.29 is 5.11 Å². The van der Waals surface area contributed by atoms with Crippen molar-refractivity contribution in [3.05, 3.63) is 134 Å². The van der Waals surface area contributed by atoms with Crippen LogP contribution in [0.2, 0.25) is 0 Å². The first-order chi connectivity index (χ1) is 16.5. The maximum absolute atomic E-state index is 12.5. The molecule has 34 heavy (non-hydrogen) atoms. The minimum absolute atomic E-state index is 0.0199. The van der Waals surface area contributed by atoms with Gasteiger partial charge in [-0.25, -0.2) is 4.79 Å². The molecule has 172 valence electrons. The summed E-state index contributed by atoms with van der Waals surface area (Å²) in [5.74, 6) is -0.223. The van der Waals surface area contributed by atoms with Crippen LogP contribution in [-0.2, 0) is 6.54 Å². The Morgan fingerprint density at radius 3 is 1.97 bits per heavy atom. The summed E-state index contributed by atoms with van der Waals surface area (Å²) in [7, 11) is 0. The van der Waals surface area contributed by atoms with Crippen LogP contribution in [0.5, 0.6) is 5.88 Å². The predicted octanol–water partition coefficient (Wildman–Crippen LogP) is 4.32. The molecule has 6 heteroatoms. The summed E-state index contributed by atoms with van der Waals surface area (Å²) in [6.45, 7) is 2.28. The number of aromatic nitrogens is 2. The fourth-order valence-electron chi connectivity index (χ4n) is 4.14. The first-order valence-electron chi connectivity index (χ1n) is 11.3. The van der Waals surface area contributed by atoms with E-state index in [0.717, 1.165) is 16.6 Å². The number of aromatic hydroxyl groups is 1. The molecule has 0 fully saturated rings. The highest BCUT2D eigenvalue weighted by Crippen LogP contribution is 2.28. The largest absolute Gasteiger partial charge is 0.494 e. The number of aromatic amines is 1. The fraction of sp³-hybridized carbons (Fsp3) is 0.179. The highest BCUT2D eigenvalue weighted by molar-refractivity contribution is 6.00. The van der Waals surface area contributed by atoms with Crippen molar-refractivity contribution in [3.63, 3.8) is 0 Å². The summed E-state index contributed by atoms with van der Waals surface area (Å²) in [5.41, 5.74) is 2.33. The molecule has 0 saturated heterocycles. The van der Waals surface area contributed by atoms with Gasteiger partial charge in [0.05, 0.1) is 6.54 Å². The van der Waals surface area contributed by atoms with Gasteiger partial charge in [0.25, 0.3) is 5.56 Å². The zero-order chi connectivity index (χ0) is 23.9. The summed E-state index contributed by atoms with van der Waals surface area (Å²) < 4.78 is 1.15. The van der Waals surface area contributed by atoms with Crippen LogP contribution in [0.25, 0.3) is 0 Å². The van der Waals surface area contributed by atoms with E-state index in [1.54, 1.807) is 6.92 Å². The Balaban J connectivity index is 1.60. The quantitative estimate of drug-likeness (QED) is 0.390. The van der Waals surface area contributed by atoms with Crippen LogP contribution in [0.15, 0.2) is 106 Å². The van der Waals surface area contributed by atoms with Crippen LogP contribution in [0.4, 0.5) is 0 Å². The lowest BCUT2D eigenvalue weighted by Gasteiger charge is -2.17. The second-order valence-electron chi connectivity index (χ2n) is 8.16. The second kappa shape index (κ2) is 10.6. The Morgan fingerprint density at radius 2 is 1.41 bits per heavy atom. The molecule has 0 aliphatic carbocycles. The van der Waals surface area contributed by atoms with E-state index in [2.05, 4.69) is 34.2 Å². The smallest absolute Gasteiger partial charge is 0.331 e. The molecule has 0 aliphatic heterocycles. The average molecular weight is 454 g/mol. The van der Waals surface area contributed by atoms with E-state index in [1.165, 1.54) is 11.1 Å². The van der Waals surface area contributed by atoms with E-state index in [9.17, 15) is 14.7 Å². The van der Waals surface area contributed by atoms with Crippen molar-refractivity contribution in [1.82, 2.24) is 9.55 Å². The molecule has 0 bridgehead atoms. The Hall–Kier alpha value is -4.19. The number of aliphatic imine (C=N–C) groups is 1. The van der Waals surface area contributed by atoms with Crippen LogP contribution >= 0.6 is 0 Å². The van der Waals surface area contributed by atoms with Gasteiger partial charge < -0.3 is 5.11 Å². The standard InChI is InChI=1S/C28H27N3O3/c1-20(25-26(32)30-28(34)31(27(25)33)19-21-11-5-2-6-12-21)29-18-17-24(22-13-7-3-8-14-22)23-15-9-4-10-16-23/h2-16,24,33H,17-19H2,1H3,(H,30,32,34). The lowest BCUT2D eigenvalue weighted by atomic mass is 9.88. The number of hydrogen-bond acceptors (Lipinski definition) is 4. The van der Waals surface area contributed by atoms with Crippen molar-refractivity contribution in [1.29, 1.82) is 0 Å². The van der Waals surface area contributed by atoms with Gasteiger partial charge in [0.15, 0.2) is 0 Å². The van der Waals surface area contributed by atoms with E-state index in [1.807, 2.05) is 66.7 Å². The summed E-state index contributed by atoms with van der Waals surface area (Å²) in [5, 5.41) is 10.8. The van der Waals surface area contributed by atoms with Crippen LogP contribution < -0.4 is 11.2 Å². The van der Waals surface area contributed by atoms with Crippen molar-refractivity contribution in [2.75, 3.05) is 6.54 Å². The van der Waals surface area contributed by atoms with Crippen LogP contribution in [0, 0.1) is 0 Å². The van der Waals surface area contributed by atoms with Gasteiger partial charge in [-0.3, -0.25) is 19.3 Å². The predicted molar refractivity (Wildman–Crippen MR) is 135 cm³/mol. The number of H-pyrrole nitrogens is 1. The van der Waals surface area contributed by atoms with E-state index >= 15 is 0 Å². The zero-order valence-electron chi connectivity index (χ0n) is 19.0. The lowest BCUT2D eigenvalue weighted by Crippen LogP contribution is -2.33. The number of rotatable bonds is 8. The van der Waals surface area contributed by atoms with Gasteiger partial charge in [0.1, 0.15) is 5.56 Å². The van der Waals surface area contributed by atoms with Gasteiger partial charge in [-0.15, -0.1) is 0 Å². The number of hydrogen-bond donors (Lipinski definition) is 2. The normalized spacial score (nSPS) is 11.6. The zero-order valence-corrected chi connectivity index (χ0v) is 19.0. The molecule has 6 nitrogen and oxygen atoms in total. The van der Waals surface area contributed by atoms with Gasteiger partial charge in [-0.05, 0) is 30.0 Å². The molecule has 0 spiro atoms. The Labute approximate surface area is 197 Å². The molecular formula is C28H27N3O3. The number of benzene rings is 3. The van der Waals surface area contributed by atoms with Gasteiger partial charge in [-0.1, -0.05) is 91.0 Å². The number of nitrogens with zero attached hydrogens (tertiary/aromatic N) is 2. The topological polar surface area (TPSA) is 87.4 Å². The van der Waals surface area contributed by atoms with Crippen molar-refractivity contribution in [3.8, 4) is 5.88 Å². The minimum atomic E-state index is -0.656. The third-order valence-corrected chi connectivity index (χ3v) is 5.89. The molecular weight excluding hydrogens is 426 g/mol. The van der Waals surface area contributed by atoms with Gasteiger partial charge >= 0.3 is 5.69 Å².